The van der Waals surface area contributed by atoms with E-state index in [9.17, 15) is 9.59 Å². The third-order valence-electron chi connectivity index (χ3n) is 2.71. The van der Waals surface area contributed by atoms with E-state index in [2.05, 4.69) is 26.6 Å². The Kier molecular flexibility index (Phi) is 3.96. The number of hydrogen-bond donors (Lipinski definition) is 2. The zero-order chi connectivity index (χ0) is 12.4. The molecule has 17 heavy (non-hydrogen) atoms. The Morgan fingerprint density at radius 1 is 1.53 bits per heavy atom. The van der Waals surface area contributed by atoms with Crippen LogP contribution in [0.5, 0.6) is 0 Å². The molecule has 1 aliphatic rings. The molecule has 2 amide bonds. The Balaban J connectivity index is 1.97. The Hall–Kier alpha value is -0.720. The smallest absolute Gasteiger partial charge is 0.243 e. The molecule has 0 spiro atoms. The maximum atomic E-state index is 11.6. The first kappa shape index (κ1) is 12.7. The summed E-state index contributed by atoms with van der Waals surface area (Å²) >= 11 is 5.05. The lowest BCUT2D eigenvalue weighted by atomic mass is 10.1. The summed E-state index contributed by atoms with van der Waals surface area (Å²) in [6.07, 6.45) is 0.978. The van der Waals surface area contributed by atoms with Crippen molar-refractivity contribution in [3.05, 3.63) is 20.8 Å². The van der Waals surface area contributed by atoms with Crippen LogP contribution < -0.4 is 10.6 Å². The molecule has 92 valence electrons. The highest BCUT2D eigenvalue weighted by Crippen LogP contribution is 2.27. The van der Waals surface area contributed by atoms with Crippen molar-refractivity contribution in [1.29, 1.82) is 0 Å². The molecular formula is C11H13BrN2O2S. The second-order valence-corrected chi connectivity index (χ2v) is 6.53. The van der Waals surface area contributed by atoms with Crippen molar-refractivity contribution in [3.63, 3.8) is 0 Å². The third-order valence-corrected chi connectivity index (χ3v) is 4.52. The standard InChI is InChI=1S/C11H13BrN2O2S/c1-6(8-3-4-9(12)17-8)13-7-2-5-10(15)14-11(7)16/h3-4,6-7,13H,2,5H2,1H3,(H,14,15,16). The van der Waals surface area contributed by atoms with E-state index in [4.69, 9.17) is 0 Å². The summed E-state index contributed by atoms with van der Waals surface area (Å²) in [5.41, 5.74) is 0. The van der Waals surface area contributed by atoms with Gasteiger partial charge in [-0.1, -0.05) is 0 Å². The summed E-state index contributed by atoms with van der Waals surface area (Å²) in [7, 11) is 0. The summed E-state index contributed by atoms with van der Waals surface area (Å²) in [5, 5.41) is 5.59. The van der Waals surface area contributed by atoms with Gasteiger partial charge < -0.3 is 0 Å². The molecule has 0 aromatic carbocycles. The van der Waals surface area contributed by atoms with E-state index in [1.54, 1.807) is 11.3 Å². The van der Waals surface area contributed by atoms with Gasteiger partial charge in [0, 0.05) is 17.3 Å². The molecule has 2 heterocycles. The molecule has 0 aliphatic carbocycles. The molecule has 0 saturated carbocycles. The minimum absolute atomic E-state index is 0.107. The average Bonchev–Trinajstić information content (AvgIpc) is 2.69. The van der Waals surface area contributed by atoms with Crippen LogP contribution in [0.25, 0.3) is 0 Å². The van der Waals surface area contributed by atoms with Gasteiger partial charge in [0.15, 0.2) is 0 Å². The number of halogens is 1. The zero-order valence-electron chi connectivity index (χ0n) is 9.33. The Morgan fingerprint density at radius 2 is 2.29 bits per heavy atom. The van der Waals surface area contributed by atoms with Crippen LogP contribution in [0.4, 0.5) is 0 Å². The van der Waals surface area contributed by atoms with Crippen LogP contribution in [-0.2, 0) is 9.59 Å². The predicted octanol–water partition coefficient (Wildman–Crippen LogP) is 1.97. The van der Waals surface area contributed by atoms with Gasteiger partial charge in [-0.3, -0.25) is 20.2 Å². The molecular weight excluding hydrogens is 304 g/mol. The van der Waals surface area contributed by atoms with Crippen LogP contribution in [0, 0.1) is 0 Å². The number of amides is 2. The first-order chi connectivity index (χ1) is 8.06. The SMILES string of the molecule is CC(NC1CCC(=O)NC1=O)c1ccc(Br)s1. The second kappa shape index (κ2) is 5.29. The highest BCUT2D eigenvalue weighted by Gasteiger charge is 2.27. The van der Waals surface area contributed by atoms with Crippen molar-refractivity contribution in [2.75, 3.05) is 0 Å². The van der Waals surface area contributed by atoms with Crippen molar-refractivity contribution >= 4 is 39.1 Å². The van der Waals surface area contributed by atoms with E-state index in [0.717, 1.165) is 3.79 Å². The summed E-state index contributed by atoms with van der Waals surface area (Å²) in [6, 6.07) is 3.85. The fraction of sp³-hybridized carbons (Fsp3) is 0.455. The number of rotatable bonds is 3. The summed E-state index contributed by atoms with van der Waals surface area (Å²) in [6.45, 7) is 2.02. The number of nitrogens with one attached hydrogen (secondary N) is 2. The normalized spacial score (nSPS) is 22.4. The predicted molar refractivity (Wildman–Crippen MR) is 69.7 cm³/mol. The van der Waals surface area contributed by atoms with Gasteiger partial charge in [-0.05, 0) is 41.4 Å². The molecule has 2 N–H and O–H groups in total. The van der Waals surface area contributed by atoms with Gasteiger partial charge in [0.1, 0.15) is 0 Å². The van der Waals surface area contributed by atoms with E-state index in [1.165, 1.54) is 4.88 Å². The quantitative estimate of drug-likeness (QED) is 0.838. The van der Waals surface area contributed by atoms with Crippen molar-refractivity contribution in [3.8, 4) is 0 Å². The second-order valence-electron chi connectivity index (χ2n) is 4.03. The Bertz CT molecular complexity index is 446. The van der Waals surface area contributed by atoms with Crippen LogP contribution in [0.2, 0.25) is 0 Å². The van der Waals surface area contributed by atoms with Crippen LogP contribution in [0.1, 0.15) is 30.7 Å². The molecule has 1 saturated heterocycles. The maximum absolute atomic E-state index is 11.6. The van der Waals surface area contributed by atoms with Crippen LogP contribution in [0.15, 0.2) is 15.9 Å². The number of carbonyl (C=O) groups excluding carboxylic acids is 2. The van der Waals surface area contributed by atoms with Gasteiger partial charge in [0.05, 0.1) is 9.83 Å². The largest absolute Gasteiger partial charge is 0.298 e. The summed E-state index contributed by atoms with van der Waals surface area (Å²) in [5.74, 6) is -0.400. The Morgan fingerprint density at radius 3 is 2.88 bits per heavy atom. The van der Waals surface area contributed by atoms with Gasteiger partial charge in [0.2, 0.25) is 11.8 Å². The van der Waals surface area contributed by atoms with Gasteiger partial charge in [-0.15, -0.1) is 11.3 Å². The van der Waals surface area contributed by atoms with E-state index in [1.807, 2.05) is 19.1 Å². The molecule has 1 aromatic heterocycles. The lowest BCUT2D eigenvalue weighted by Gasteiger charge is -2.24. The molecule has 4 nitrogen and oxygen atoms in total. The van der Waals surface area contributed by atoms with Crippen molar-refractivity contribution in [2.24, 2.45) is 0 Å². The number of hydrogen-bond acceptors (Lipinski definition) is 4. The van der Waals surface area contributed by atoms with E-state index < -0.39 is 0 Å². The summed E-state index contributed by atoms with van der Waals surface area (Å²) in [4.78, 5) is 23.8. The average molecular weight is 317 g/mol. The highest BCUT2D eigenvalue weighted by atomic mass is 79.9. The minimum Gasteiger partial charge on any atom is -0.298 e. The third kappa shape index (κ3) is 3.14. The van der Waals surface area contributed by atoms with Gasteiger partial charge >= 0.3 is 0 Å². The van der Waals surface area contributed by atoms with Crippen LogP contribution >= 0.6 is 27.3 Å². The monoisotopic (exact) mass is 316 g/mol. The highest BCUT2D eigenvalue weighted by molar-refractivity contribution is 9.11. The molecule has 0 radical (unpaired) electrons. The minimum atomic E-state index is -0.274. The summed E-state index contributed by atoms with van der Waals surface area (Å²) < 4.78 is 1.07. The molecule has 1 aromatic rings. The number of thiophene rings is 1. The fourth-order valence-electron chi connectivity index (χ4n) is 1.80. The van der Waals surface area contributed by atoms with Gasteiger partial charge in [-0.2, -0.15) is 0 Å². The van der Waals surface area contributed by atoms with E-state index in [0.29, 0.717) is 12.8 Å². The Labute approximate surface area is 112 Å². The molecule has 6 heteroatoms. The molecule has 0 bridgehead atoms. The van der Waals surface area contributed by atoms with Crippen molar-refractivity contribution in [1.82, 2.24) is 10.6 Å². The van der Waals surface area contributed by atoms with Crippen LogP contribution in [-0.4, -0.2) is 17.9 Å². The van der Waals surface area contributed by atoms with Gasteiger partial charge in [0.25, 0.3) is 0 Å². The number of carbonyl (C=O) groups is 2. The van der Waals surface area contributed by atoms with Crippen molar-refractivity contribution < 1.29 is 9.59 Å². The lowest BCUT2D eigenvalue weighted by molar-refractivity contribution is -0.134. The molecule has 1 aliphatic heterocycles. The van der Waals surface area contributed by atoms with E-state index in [-0.39, 0.29) is 23.9 Å². The van der Waals surface area contributed by atoms with Crippen LogP contribution in [0.3, 0.4) is 0 Å². The molecule has 2 unspecified atom stereocenters. The fourth-order valence-corrected chi connectivity index (χ4v) is 3.23. The maximum Gasteiger partial charge on any atom is 0.243 e. The number of piperidine rings is 1. The van der Waals surface area contributed by atoms with Crippen molar-refractivity contribution in [2.45, 2.75) is 31.8 Å². The lowest BCUT2D eigenvalue weighted by Crippen LogP contribution is -2.51. The molecule has 1 fully saturated rings. The van der Waals surface area contributed by atoms with E-state index >= 15 is 0 Å². The topological polar surface area (TPSA) is 58.2 Å². The first-order valence-electron chi connectivity index (χ1n) is 5.41. The zero-order valence-corrected chi connectivity index (χ0v) is 11.7. The molecule has 2 atom stereocenters. The molecule has 2 rings (SSSR count). The number of imide groups is 1. The first-order valence-corrected chi connectivity index (χ1v) is 7.02. The van der Waals surface area contributed by atoms with Gasteiger partial charge in [-0.25, -0.2) is 0 Å².